The average Bonchev–Trinajstić information content (AvgIpc) is 3.65. The first-order valence-corrected chi connectivity index (χ1v) is 28.8. The Morgan fingerprint density at radius 2 is 1.07 bits per heavy atom. The summed E-state index contributed by atoms with van der Waals surface area (Å²) in [6, 6.07) is 18.7. The van der Waals surface area contributed by atoms with Crippen LogP contribution >= 0.6 is 27.3 Å². The molecule has 4 fully saturated rings. The molecule has 0 amide bonds. The molecule has 0 bridgehead atoms. The van der Waals surface area contributed by atoms with Crippen LogP contribution in [0.15, 0.2) is 54.6 Å². The van der Waals surface area contributed by atoms with Gasteiger partial charge in [-0.15, -0.1) is 0 Å². The van der Waals surface area contributed by atoms with Crippen molar-refractivity contribution in [2.24, 2.45) is 0 Å². The third kappa shape index (κ3) is 13.8. The molecule has 3 aliphatic carbocycles. The third-order valence-corrected chi connectivity index (χ3v) is 18.7. The van der Waals surface area contributed by atoms with Gasteiger partial charge in [0.25, 0.3) is 0 Å². The van der Waals surface area contributed by atoms with Crippen LogP contribution < -0.4 is 14.5 Å². The molecule has 0 unspecified atom stereocenters. The van der Waals surface area contributed by atoms with Crippen molar-refractivity contribution >= 4 is 43.3 Å². The normalized spacial score (nSPS) is 18.6. The summed E-state index contributed by atoms with van der Waals surface area (Å²) in [7, 11) is 13.0. The predicted octanol–water partition coefficient (Wildman–Crippen LogP) is 13.7. The van der Waals surface area contributed by atoms with Gasteiger partial charge in [0.2, 0.25) is 0 Å². The molecular weight excluding hydrogens is 839 g/mol. The quantitative estimate of drug-likeness (QED) is 0.0876. The second-order valence-electron chi connectivity index (χ2n) is 16.7. The molecule has 0 radical (unpaired) electrons. The molecule has 312 valence electrons. The van der Waals surface area contributed by atoms with Crippen LogP contribution in [-0.4, -0.2) is 55.0 Å². The monoisotopic (exact) mass is 910 g/mol. The van der Waals surface area contributed by atoms with E-state index in [2.05, 4.69) is 75.4 Å². The van der Waals surface area contributed by atoms with E-state index in [-0.39, 0.29) is 7.92 Å². The second-order valence-corrected chi connectivity index (χ2v) is 25.9. The van der Waals surface area contributed by atoms with Crippen molar-refractivity contribution in [3.8, 4) is 5.75 Å². The fraction of sp³-hybridized carbons (Fsp3) is 0.583. The molecule has 4 nitrogen and oxygen atoms in total. The van der Waals surface area contributed by atoms with Crippen LogP contribution in [0.1, 0.15) is 130 Å². The molecular formula is C48H71Cl2N2O2PRu. The van der Waals surface area contributed by atoms with Gasteiger partial charge in [-0.25, -0.2) is 0 Å². The fourth-order valence-electron chi connectivity index (χ4n) is 10.1. The third-order valence-electron chi connectivity index (χ3n) is 12.3. The molecule has 0 spiro atoms. The zero-order chi connectivity index (χ0) is 39.9. The Hall–Kier alpha value is -1.48. The maximum atomic E-state index is 5.79. The summed E-state index contributed by atoms with van der Waals surface area (Å²) in [4.78, 5) is 4.74. The Morgan fingerprint density at radius 3 is 1.48 bits per heavy atom. The number of methoxy groups -OCH3 is 1. The van der Waals surface area contributed by atoms with Crippen molar-refractivity contribution in [3.63, 3.8) is 0 Å². The number of hydrogen-bond acceptors (Lipinski definition) is 4. The van der Waals surface area contributed by atoms with Crippen LogP contribution in [0.5, 0.6) is 5.75 Å². The Bertz CT molecular complexity index is 1560. The molecule has 1 heterocycles. The summed E-state index contributed by atoms with van der Waals surface area (Å²) in [5.74, 6) is 0.909. The van der Waals surface area contributed by atoms with Crippen LogP contribution in [-0.2, 0) is 18.3 Å². The van der Waals surface area contributed by atoms with E-state index in [4.69, 9.17) is 28.9 Å². The topological polar surface area (TPSA) is 24.9 Å². The first-order chi connectivity index (χ1) is 27.1. The fourth-order valence-corrected chi connectivity index (χ4v) is 17.1. The molecule has 4 aliphatic rings. The number of hydrogen-bond donors (Lipinski definition) is 0. The molecule has 1 saturated heterocycles. The van der Waals surface area contributed by atoms with E-state index >= 15 is 0 Å². The van der Waals surface area contributed by atoms with Gasteiger partial charge in [0, 0.05) is 39.5 Å². The second kappa shape index (κ2) is 23.9. The van der Waals surface area contributed by atoms with Crippen molar-refractivity contribution in [1.29, 1.82) is 0 Å². The van der Waals surface area contributed by atoms with Crippen LogP contribution in [0, 0.1) is 41.3 Å². The number of nitrogens with zero attached hydrogens (tertiary/aromatic N) is 2. The number of ether oxygens (including phenoxy) is 2. The zero-order valence-corrected chi connectivity index (χ0v) is 39.6. The SMILES string of the molecule is C1CCC([PH+](C2CCCCC2)C2CCCCC2)CC1.COCCOc1cc(C)c(N2[CH-]N(c3c(C)cc(C)cc3C)CC2)c(C)c1.[Cl][Ru]([Cl])=[CH]c1ccccc1. The molecule has 0 N–H and O–H groups in total. The number of halogens is 2. The van der Waals surface area contributed by atoms with Crippen LogP contribution in [0.25, 0.3) is 0 Å². The van der Waals surface area contributed by atoms with E-state index in [1.54, 1.807) is 103 Å². The number of anilines is 2. The standard InChI is InChI=1S/C23H31N2O2.C18H33P.C7H6.2ClH.Ru/c1-16-11-17(2)22(18(3)12-16)24-7-8-25(15-24)23-19(4)13-21(14-20(23)5)27-10-9-26-6;1-4-10-16(11-5-1)19(17-12-6-2-7-13-17)18-14-8-3-9-15-18;1-7-5-3-2-4-6-7;;;/h11-15H,7-10H2,1-6H3;16-18H,1-15H2;1-6H;2*1H;/q-1;;;;;+2/p-1. The van der Waals surface area contributed by atoms with Gasteiger partial charge in [-0.2, -0.15) is 6.67 Å². The van der Waals surface area contributed by atoms with E-state index in [0.29, 0.717) is 13.2 Å². The van der Waals surface area contributed by atoms with Gasteiger partial charge >= 0.3 is 73.4 Å². The molecule has 3 saturated carbocycles. The van der Waals surface area contributed by atoms with Gasteiger partial charge in [-0.1, -0.05) is 37.0 Å². The van der Waals surface area contributed by atoms with Gasteiger partial charge in [0.15, 0.2) is 0 Å². The minimum atomic E-state index is -1.61. The van der Waals surface area contributed by atoms with E-state index < -0.39 is 13.5 Å². The predicted molar refractivity (Wildman–Crippen MR) is 245 cm³/mol. The van der Waals surface area contributed by atoms with E-state index in [0.717, 1.165) is 24.4 Å². The van der Waals surface area contributed by atoms with E-state index in [1.807, 2.05) is 34.9 Å². The molecule has 8 heteroatoms. The summed E-state index contributed by atoms with van der Waals surface area (Å²) >= 11 is -1.61. The molecule has 7 rings (SSSR count). The summed E-state index contributed by atoms with van der Waals surface area (Å²) in [5, 5.41) is 0. The van der Waals surface area contributed by atoms with Gasteiger partial charge < -0.3 is 19.3 Å². The summed E-state index contributed by atoms with van der Waals surface area (Å²) in [5.41, 5.74) is 13.9. The Kier molecular flexibility index (Phi) is 19.5. The molecule has 1 aliphatic heterocycles. The van der Waals surface area contributed by atoms with Crippen molar-refractivity contribution < 1.29 is 23.0 Å². The summed E-state index contributed by atoms with van der Waals surface area (Å²) < 4.78 is 12.8. The van der Waals surface area contributed by atoms with E-state index in [9.17, 15) is 0 Å². The van der Waals surface area contributed by atoms with Crippen molar-refractivity contribution in [3.05, 3.63) is 94.6 Å². The van der Waals surface area contributed by atoms with Gasteiger partial charge in [-0.05, 0) is 146 Å². The molecule has 3 aromatic rings. The Morgan fingerprint density at radius 1 is 0.643 bits per heavy atom. The summed E-state index contributed by atoms with van der Waals surface area (Å²) in [6.07, 6.45) is 23.8. The first-order valence-electron chi connectivity index (χ1n) is 21.6. The first kappa shape index (κ1) is 45.6. The van der Waals surface area contributed by atoms with Crippen LogP contribution in [0.3, 0.4) is 0 Å². The number of benzene rings is 3. The van der Waals surface area contributed by atoms with Crippen molar-refractivity contribution in [1.82, 2.24) is 0 Å². The molecule has 0 atom stereocenters. The summed E-state index contributed by atoms with van der Waals surface area (Å²) in [6.45, 7) is 16.3. The molecule has 0 aromatic heterocycles. The van der Waals surface area contributed by atoms with Crippen molar-refractivity contribution in [2.45, 2.75) is 148 Å². The van der Waals surface area contributed by atoms with Gasteiger partial charge in [0.1, 0.15) is 12.4 Å². The zero-order valence-electron chi connectivity index (χ0n) is 35.3. The van der Waals surface area contributed by atoms with Gasteiger partial charge in [-0.3, -0.25) is 0 Å². The average molecular weight is 911 g/mol. The van der Waals surface area contributed by atoms with Crippen LogP contribution in [0.4, 0.5) is 11.4 Å². The Balaban J connectivity index is 0.000000178. The van der Waals surface area contributed by atoms with Crippen molar-refractivity contribution in [2.75, 3.05) is 43.2 Å². The maximum absolute atomic E-state index is 5.79. The van der Waals surface area contributed by atoms with Gasteiger partial charge in [0.05, 0.1) is 23.6 Å². The van der Waals surface area contributed by atoms with Crippen LogP contribution in [0.2, 0.25) is 0 Å². The molecule has 56 heavy (non-hydrogen) atoms. The minimum absolute atomic E-state index is 0.0465. The van der Waals surface area contributed by atoms with E-state index in [1.165, 1.54) is 56.2 Å². The number of aryl methyl sites for hydroxylation is 5. The Labute approximate surface area is 355 Å². The number of rotatable bonds is 10. The molecule has 3 aromatic carbocycles.